The Labute approximate surface area is 126 Å². The molecule has 1 aromatic heterocycles. The van der Waals surface area contributed by atoms with Crippen LogP contribution in [0.3, 0.4) is 0 Å². The van der Waals surface area contributed by atoms with Gasteiger partial charge in [0.05, 0.1) is 5.25 Å². The fourth-order valence-corrected chi connectivity index (χ4v) is 2.94. The molecule has 5 nitrogen and oxygen atoms in total. The van der Waals surface area contributed by atoms with Crippen LogP contribution in [0.5, 0.6) is 0 Å². The highest BCUT2D eigenvalue weighted by Crippen LogP contribution is 2.36. The number of nitrogen functional groups attached to an aromatic ring is 2. The number of hydrogen-bond donors (Lipinski definition) is 3. The average molecular weight is 310 g/mol. The molecule has 2 unspecified atom stereocenters. The topological polar surface area (TPSA) is 104 Å². The third-order valence-electron chi connectivity index (χ3n) is 2.65. The number of nitrogens with zero attached hydrogens (tertiary/aromatic N) is 2. The number of anilines is 2. The van der Waals surface area contributed by atoms with Crippen molar-refractivity contribution in [2.45, 2.75) is 23.4 Å². The lowest BCUT2D eigenvalue weighted by Crippen LogP contribution is -2.22. The van der Waals surface area contributed by atoms with Crippen LogP contribution in [0, 0.1) is 0 Å². The highest BCUT2D eigenvalue weighted by Gasteiger charge is 2.19. The first-order valence-electron chi connectivity index (χ1n) is 6.03. The zero-order chi connectivity index (χ0) is 14.7. The maximum absolute atomic E-state index is 6.06. The molecular formula is C13H16ClN5S. The van der Waals surface area contributed by atoms with E-state index in [0.29, 0.717) is 21.8 Å². The zero-order valence-electron chi connectivity index (χ0n) is 11.0. The first kappa shape index (κ1) is 14.9. The van der Waals surface area contributed by atoms with Crippen molar-refractivity contribution in [2.24, 2.45) is 5.73 Å². The third kappa shape index (κ3) is 3.75. The highest BCUT2D eigenvalue weighted by molar-refractivity contribution is 7.99. The summed E-state index contributed by atoms with van der Waals surface area (Å²) in [5.74, 6) is 0.694. The summed E-state index contributed by atoms with van der Waals surface area (Å²) in [7, 11) is 0. The molecule has 0 saturated carbocycles. The second-order valence-electron chi connectivity index (χ2n) is 4.45. The standard InChI is InChI=1S/C13H16ClN5S/c1-7(15)12(8-2-4-9(14)5-3-8)20-13-18-10(16)6-11(17)19-13/h2-7,12H,15H2,1H3,(H4,16,17,18,19). The molecule has 0 radical (unpaired) electrons. The molecule has 6 N–H and O–H groups in total. The van der Waals surface area contributed by atoms with Gasteiger partial charge in [0.15, 0.2) is 5.16 Å². The summed E-state index contributed by atoms with van der Waals surface area (Å²) < 4.78 is 0. The summed E-state index contributed by atoms with van der Waals surface area (Å²) in [6.07, 6.45) is 0. The average Bonchev–Trinajstić information content (AvgIpc) is 2.36. The molecule has 2 aromatic rings. The fraction of sp³-hybridized carbons (Fsp3) is 0.231. The Hall–Kier alpha value is -1.50. The van der Waals surface area contributed by atoms with E-state index in [0.717, 1.165) is 5.56 Å². The maximum Gasteiger partial charge on any atom is 0.192 e. The molecule has 1 heterocycles. The summed E-state index contributed by atoms with van der Waals surface area (Å²) in [6.45, 7) is 1.93. The Bertz CT molecular complexity index is 568. The second-order valence-corrected chi connectivity index (χ2v) is 5.99. The lowest BCUT2D eigenvalue weighted by Gasteiger charge is -2.20. The molecule has 0 amide bonds. The molecule has 0 aliphatic rings. The van der Waals surface area contributed by atoms with Crippen LogP contribution in [0.25, 0.3) is 0 Å². The van der Waals surface area contributed by atoms with Crippen LogP contribution >= 0.6 is 23.4 Å². The van der Waals surface area contributed by atoms with E-state index in [1.165, 1.54) is 17.8 Å². The van der Waals surface area contributed by atoms with Gasteiger partial charge in [-0.3, -0.25) is 0 Å². The van der Waals surface area contributed by atoms with Gasteiger partial charge in [-0.05, 0) is 24.6 Å². The summed E-state index contributed by atoms with van der Waals surface area (Å²) in [5, 5.41) is 1.19. The highest BCUT2D eigenvalue weighted by atomic mass is 35.5. The van der Waals surface area contributed by atoms with Crippen LogP contribution in [-0.4, -0.2) is 16.0 Å². The molecule has 0 aliphatic heterocycles. The summed E-state index contributed by atoms with van der Waals surface area (Å²) in [6, 6.07) is 8.99. The molecule has 0 spiro atoms. The number of rotatable bonds is 4. The number of hydrogen-bond acceptors (Lipinski definition) is 6. The van der Waals surface area contributed by atoms with Crippen LogP contribution in [-0.2, 0) is 0 Å². The first-order valence-corrected chi connectivity index (χ1v) is 7.29. The molecule has 7 heteroatoms. The van der Waals surface area contributed by atoms with Gasteiger partial charge in [-0.1, -0.05) is 35.5 Å². The Kier molecular flexibility index (Phi) is 4.69. The van der Waals surface area contributed by atoms with Crippen LogP contribution < -0.4 is 17.2 Å². The predicted molar refractivity (Wildman–Crippen MR) is 84.6 cm³/mol. The quantitative estimate of drug-likeness (QED) is 0.592. The van der Waals surface area contributed by atoms with Crippen molar-refractivity contribution in [2.75, 3.05) is 11.5 Å². The molecule has 0 aliphatic carbocycles. The predicted octanol–water partition coefficient (Wildman–Crippen LogP) is 2.48. The summed E-state index contributed by atoms with van der Waals surface area (Å²) in [5.41, 5.74) is 18.5. The van der Waals surface area contributed by atoms with Crippen LogP contribution in [0.2, 0.25) is 5.02 Å². The third-order valence-corrected chi connectivity index (χ3v) is 4.25. The fourth-order valence-electron chi connectivity index (χ4n) is 1.76. The van der Waals surface area contributed by atoms with Crippen LogP contribution in [0.15, 0.2) is 35.5 Å². The van der Waals surface area contributed by atoms with Gasteiger partial charge in [-0.25, -0.2) is 9.97 Å². The lowest BCUT2D eigenvalue weighted by atomic mass is 10.1. The lowest BCUT2D eigenvalue weighted by molar-refractivity contribution is 0.718. The minimum atomic E-state index is -0.0903. The van der Waals surface area contributed by atoms with Gasteiger partial charge in [-0.2, -0.15) is 0 Å². The van der Waals surface area contributed by atoms with Crippen molar-refractivity contribution in [3.05, 3.63) is 40.9 Å². The molecule has 2 rings (SSSR count). The van der Waals surface area contributed by atoms with Gasteiger partial charge in [0.25, 0.3) is 0 Å². The Morgan fingerprint density at radius 1 is 1.10 bits per heavy atom. The smallest absolute Gasteiger partial charge is 0.192 e. The van der Waals surface area contributed by atoms with E-state index in [1.54, 1.807) is 0 Å². The number of halogens is 1. The monoisotopic (exact) mass is 309 g/mol. The van der Waals surface area contributed by atoms with E-state index in [-0.39, 0.29) is 11.3 Å². The molecule has 0 fully saturated rings. The Balaban J connectivity index is 2.27. The molecule has 0 saturated heterocycles. The Morgan fingerprint density at radius 2 is 1.65 bits per heavy atom. The van der Waals surface area contributed by atoms with Crippen molar-refractivity contribution < 1.29 is 0 Å². The molecular weight excluding hydrogens is 294 g/mol. The van der Waals surface area contributed by atoms with Gasteiger partial charge in [0, 0.05) is 17.1 Å². The largest absolute Gasteiger partial charge is 0.383 e. The summed E-state index contributed by atoms with van der Waals surface area (Å²) >= 11 is 7.34. The van der Waals surface area contributed by atoms with Gasteiger partial charge in [0.1, 0.15) is 11.6 Å². The van der Waals surface area contributed by atoms with E-state index < -0.39 is 0 Å². The number of nitrogens with two attached hydrogens (primary N) is 3. The molecule has 0 bridgehead atoms. The van der Waals surface area contributed by atoms with Crippen molar-refractivity contribution in [1.82, 2.24) is 9.97 Å². The van der Waals surface area contributed by atoms with Crippen molar-refractivity contribution >= 4 is 35.0 Å². The van der Waals surface area contributed by atoms with Crippen LogP contribution in [0.1, 0.15) is 17.7 Å². The first-order chi connectivity index (χ1) is 9.45. The van der Waals surface area contributed by atoms with Crippen molar-refractivity contribution in [3.63, 3.8) is 0 Å². The second kappa shape index (κ2) is 6.30. The SMILES string of the molecule is CC(N)C(Sc1nc(N)cc(N)n1)c1ccc(Cl)cc1. The minimum Gasteiger partial charge on any atom is -0.383 e. The van der Waals surface area contributed by atoms with Gasteiger partial charge < -0.3 is 17.2 Å². The molecule has 20 heavy (non-hydrogen) atoms. The van der Waals surface area contributed by atoms with Crippen LogP contribution in [0.4, 0.5) is 11.6 Å². The van der Waals surface area contributed by atoms with Gasteiger partial charge in [-0.15, -0.1) is 0 Å². The van der Waals surface area contributed by atoms with E-state index in [4.69, 9.17) is 28.8 Å². The van der Waals surface area contributed by atoms with Crippen molar-refractivity contribution in [1.29, 1.82) is 0 Å². The van der Waals surface area contributed by atoms with Gasteiger partial charge >= 0.3 is 0 Å². The van der Waals surface area contributed by atoms with Crippen molar-refractivity contribution in [3.8, 4) is 0 Å². The van der Waals surface area contributed by atoms with E-state index in [9.17, 15) is 0 Å². The summed E-state index contributed by atoms with van der Waals surface area (Å²) in [4.78, 5) is 8.33. The molecule has 2 atom stereocenters. The molecule has 1 aromatic carbocycles. The number of aromatic nitrogens is 2. The molecule has 106 valence electrons. The van der Waals surface area contributed by atoms with E-state index in [1.807, 2.05) is 31.2 Å². The maximum atomic E-state index is 6.06. The number of thioether (sulfide) groups is 1. The van der Waals surface area contributed by atoms with Gasteiger partial charge in [0.2, 0.25) is 0 Å². The normalized spacial score (nSPS) is 13.9. The number of benzene rings is 1. The Morgan fingerprint density at radius 3 is 2.15 bits per heavy atom. The minimum absolute atomic E-state index is 0.00605. The zero-order valence-corrected chi connectivity index (χ0v) is 12.5. The van der Waals surface area contributed by atoms with E-state index >= 15 is 0 Å². The van der Waals surface area contributed by atoms with E-state index in [2.05, 4.69) is 9.97 Å².